The van der Waals surface area contributed by atoms with Gasteiger partial charge in [-0.25, -0.2) is 0 Å². The van der Waals surface area contributed by atoms with Crippen molar-refractivity contribution in [1.82, 2.24) is 0 Å². The number of nitrogens with zero attached hydrogens (tertiary/aromatic N) is 2. The molecule has 0 unspecified atom stereocenters. The van der Waals surface area contributed by atoms with E-state index in [1.54, 1.807) is 18.2 Å². The van der Waals surface area contributed by atoms with Crippen LogP contribution in [0.15, 0.2) is 53.6 Å². The monoisotopic (exact) mass is 307 g/mol. The third-order valence-electron chi connectivity index (χ3n) is 2.57. The van der Waals surface area contributed by atoms with Gasteiger partial charge in [-0.3, -0.25) is 15.5 Å². The molecule has 0 bridgehead atoms. The lowest BCUT2D eigenvalue weighted by molar-refractivity contribution is -0.384. The Hall–Kier alpha value is -3.03. The fraction of sp³-hybridized carbons (Fsp3) is 0.0714. The Morgan fingerprint density at radius 1 is 1.23 bits per heavy atom. The third kappa shape index (κ3) is 4.51. The quantitative estimate of drug-likeness (QED) is 0.502. The van der Waals surface area contributed by atoms with Gasteiger partial charge in [0.25, 0.3) is 5.69 Å². The minimum Gasteiger partial charge on any atom is -0.435 e. The average molecular weight is 307 g/mol. The summed E-state index contributed by atoms with van der Waals surface area (Å²) in [5.41, 5.74) is 3.72. The Morgan fingerprint density at radius 2 is 1.95 bits per heavy atom. The number of anilines is 1. The van der Waals surface area contributed by atoms with Crippen molar-refractivity contribution in [2.24, 2.45) is 5.10 Å². The fourth-order valence-electron chi connectivity index (χ4n) is 1.61. The molecule has 8 heteroatoms. The van der Waals surface area contributed by atoms with Gasteiger partial charge in [0.15, 0.2) is 0 Å². The third-order valence-corrected chi connectivity index (χ3v) is 2.57. The highest BCUT2D eigenvalue weighted by atomic mass is 19.3. The molecule has 1 N–H and O–H groups in total. The number of nitro groups is 1. The van der Waals surface area contributed by atoms with Crippen LogP contribution in [0.2, 0.25) is 0 Å². The van der Waals surface area contributed by atoms with E-state index in [1.807, 2.05) is 0 Å². The smallest absolute Gasteiger partial charge is 0.387 e. The zero-order valence-electron chi connectivity index (χ0n) is 11.1. The highest BCUT2D eigenvalue weighted by molar-refractivity contribution is 5.80. The summed E-state index contributed by atoms with van der Waals surface area (Å²) in [6.07, 6.45) is 1.45. The van der Waals surface area contributed by atoms with Crippen molar-refractivity contribution >= 4 is 17.6 Å². The van der Waals surface area contributed by atoms with Crippen LogP contribution in [0.25, 0.3) is 0 Å². The van der Waals surface area contributed by atoms with Crippen LogP contribution >= 0.6 is 0 Å². The normalized spacial score (nSPS) is 10.9. The summed E-state index contributed by atoms with van der Waals surface area (Å²) in [6, 6.07) is 11.8. The van der Waals surface area contributed by atoms with Gasteiger partial charge in [0, 0.05) is 12.1 Å². The Morgan fingerprint density at radius 3 is 2.59 bits per heavy atom. The topological polar surface area (TPSA) is 76.8 Å². The van der Waals surface area contributed by atoms with Gasteiger partial charge in [-0.2, -0.15) is 13.9 Å². The van der Waals surface area contributed by atoms with Crippen LogP contribution in [-0.4, -0.2) is 17.7 Å². The Balaban J connectivity index is 1.97. The van der Waals surface area contributed by atoms with Gasteiger partial charge in [-0.05, 0) is 35.9 Å². The maximum Gasteiger partial charge on any atom is 0.387 e. The van der Waals surface area contributed by atoms with Crippen LogP contribution < -0.4 is 10.2 Å². The Bertz CT molecular complexity index is 675. The number of hydrogen-bond acceptors (Lipinski definition) is 5. The number of hydrogen-bond donors (Lipinski definition) is 1. The van der Waals surface area contributed by atoms with Crippen molar-refractivity contribution in [3.63, 3.8) is 0 Å². The highest BCUT2D eigenvalue weighted by Crippen LogP contribution is 2.17. The molecule has 0 aliphatic carbocycles. The van der Waals surface area contributed by atoms with Gasteiger partial charge in [0.2, 0.25) is 0 Å². The van der Waals surface area contributed by atoms with E-state index < -0.39 is 11.5 Å². The SMILES string of the molecule is O=[N+]([O-])c1cccc(N/N=C\c2ccc(OC(F)F)cc2)c1. The van der Waals surface area contributed by atoms with E-state index >= 15 is 0 Å². The molecule has 2 aromatic rings. The molecule has 0 aliphatic rings. The molecule has 0 spiro atoms. The van der Waals surface area contributed by atoms with Crippen molar-refractivity contribution in [3.05, 3.63) is 64.2 Å². The molecule has 22 heavy (non-hydrogen) atoms. The summed E-state index contributed by atoms with van der Waals surface area (Å²) >= 11 is 0. The predicted octanol–water partition coefficient (Wildman–Crippen LogP) is 3.64. The van der Waals surface area contributed by atoms with Crippen molar-refractivity contribution < 1.29 is 18.4 Å². The second-order valence-electron chi connectivity index (χ2n) is 4.12. The molecule has 0 atom stereocenters. The maximum absolute atomic E-state index is 12.0. The lowest BCUT2D eigenvalue weighted by atomic mass is 10.2. The summed E-state index contributed by atoms with van der Waals surface area (Å²) in [5.74, 6) is 0.0544. The second kappa shape index (κ2) is 7.11. The molecule has 0 saturated carbocycles. The second-order valence-corrected chi connectivity index (χ2v) is 4.12. The summed E-state index contributed by atoms with van der Waals surface area (Å²) in [5, 5.41) is 14.5. The van der Waals surface area contributed by atoms with E-state index in [0.29, 0.717) is 11.3 Å². The molecule has 0 aromatic heterocycles. The first-order chi connectivity index (χ1) is 10.5. The highest BCUT2D eigenvalue weighted by Gasteiger charge is 2.05. The van der Waals surface area contributed by atoms with E-state index in [2.05, 4.69) is 15.3 Å². The van der Waals surface area contributed by atoms with E-state index in [1.165, 1.54) is 36.5 Å². The van der Waals surface area contributed by atoms with Crippen LogP contribution in [0.1, 0.15) is 5.56 Å². The lowest BCUT2D eigenvalue weighted by Crippen LogP contribution is -2.01. The number of alkyl halides is 2. The van der Waals surface area contributed by atoms with Crippen LogP contribution in [0.5, 0.6) is 5.75 Å². The standard InChI is InChI=1S/C14H11F2N3O3/c15-14(16)22-13-6-4-10(5-7-13)9-17-18-11-2-1-3-12(8-11)19(20)21/h1-9,14,18H/b17-9-. The van der Waals surface area contributed by atoms with E-state index in [4.69, 9.17) is 0 Å². The number of non-ortho nitro benzene ring substituents is 1. The minimum atomic E-state index is -2.87. The first kappa shape index (κ1) is 15.4. The van der Waals surface area contributed by atoms with Crippen molar-refractivity contribution in [1.29, 1.82) is 0 Å². The molecule has 2 rings (SSSR count). The first-order valence-corrected chi connectivity index (χ1v) is 6.13. The van der Waals surface area contributed by atoms with Crippen LogP contribution in [-0.2, 0) is 0 Å². The summed E-state index contributed by atoms with van der Waals surface area (Å²) < 4.78 is 28.2. The summed E-state index contributed by atoms with van der Waals surface area (Å²) in [6.45, 7) is -2.87. The van der Waals surface area contributed by atoms with Gasteiger partial charge < -0.3 is 4.74 Å². The van der Waals surface area contributed by atoms with Gasteiger partial charge in [0.05, 0.1) is 16.8 Å². The van der Waals surface area contributed by atoms with Crippen LogP contribution in [0.4, 0.5) is 20.2 Å². The van der Waals surface area contributed by atoms with E-state index in [9.17, 15) is 18.9 Å². The van der Waals surface area contributed by atoms with Crippen LogP contribution in [0, 0.1) is 10.1 Å². The molecule has 0 amide bonds. The van der Waals surface area contributed by atoms with Gasteiger partial charge in [-0.1, -0.05) is 6.07 Å². The minimum absolute atomic E-state index is 0.0475. The van der Waals surface area contributed by atoms with Gasteiger partial charge >= 0.3 is 6.61 Å². The summed E-state index contributed by atoms with van der Waals surface area (Å²) in [7, 11) is 0. The Kier molecular flexibility index (Phi) is 4.97. The number of halogens is 2. The fourth-order valence-corrected chi connectivity index (χ4v) is 1.61. The average Bonchev–Trinajstić information content (AvgIpc) is 2.49. The molecular weight excluding hydrogens is 296 g/mol. The number of benzene rings is 2. The molecule has 114 valence electrons. The van der Waals surface area contributed by atoms with E-state index in [0.717, 1.165) is 0 Å². The molecule has 0 aliphatic heterocycles. The lowest BCUT2D eigenvalue weighted by Gasteiger charge is -2.03. The van der Waals surface area contributed by atoms with Crippen molar-refractivity contribution in [3.8, 4) is 5.75 Å². The van der Waals surface area contributed by atoms with Crippen molar-refractivity contribution in [2.45, 2.75) is 6.61 Å². The van der Waals surface area contributed by atoms with Crippen molar-refractivity contribution in [2.75, 3.05) is 5.43 Å². The molecule has 0 saturated heterocycles. The molecule has 0 fully saturated rings. The van der Waals surface area contributed by atoms with E-state index in [-0.39, 0.29) is 11.4 Å². The van der Waals surface area contributed by atoms with Gasteiger partial charge in [0.1, 0.15) is 5.75 Å². The van der Waals surface area contributed by atoms with Crippen LogP contribution in [0.3, 0.4) is 0 Å². The molecular formula is C14H11F2N3O3. The zero-order chi connectivity index (χ0) is 15.9. The Labute approximate surface area is 124 Å². The number of ether oxygens (including phenoxy) is 1. The molecule has 2 aromatic carbocycles. The number of nitro benzene ring substituents is 1. The molecule has 0 heterocycles. The molecule has 6 nitrogen and oxygen atoms in total. The maximum atomic E-state index is 12.0. The number of rotatable bonds is 6. The predicted molar refractivity (Wildman–Crippen MR) is 77.4 cm³/mol. The molecule has 0 radical (unpaired) electrons. The number of nitrogens with one attached hydrogen (secondary N) is 1. The summed E-state index contributed by atoms with van der Waals surface area (Å²) in [4.78, 5) is 10.1. The zero-order valence-corrected chi connectivity index (χ0v) is 11.1. The largest absolute Gasteiger partial charge is 0.435 e. The number of hydrazone groups is 1. The van der Waals surface area contributed by atoms with Gasteiger partial charge in [-0.15, -0.1) is 0 Å². The first-order valence-electron chi connectivity index (χ1n) is 6.13.